The third kappa shape index (κ3) is 14.4. The molecule has 0 radical (unpaired) electrons. The van der Waals surface area contributed by atoms with Crippen molar-refractivity contribution < 1.29 is 88.5 Å². The van der Waals surface area contributed by atoms with Crippen LogP contribution in [0.4, 0.5) is 22.0 Å². The van der Waals surface area contributed by atoms with Crippen LogP contribution in [0.1, 0.15) is 66.4 Å². The van der Waals surface area contributed by atoms with E-state index in [2.05, 4.69) is 31.2 Å². The van der Waals surface area contributed by atoms with Gasteiger partial charge in [0.1, 0.15) is 41.3 Å². The van der Waals surface area contributed by atoms with E-state index in [1.54, 1.807) is 6.07 Å². The standard InChI is InChI=1S/C59H48F5N7O15/c1-83-50(75)17-15-41(54(78)70-44(21-35-25-65-29-66-35)56(80)68-42(23-51(76)84-2)47(74)28-85-57(81)30-8-4-3-5-9-30)67-55(79)43(19-32-26-71(58(82)59(62,63)64)45-11-7-6-10-36(32)45)69-53(77)31-12-14-37(33(18-31)27-72)52-38-20-34(60)13-16-48(38)86-49-24-46(73)40(61)22-39(49)52/h3-14,16,18,20,22,24-27,29,41-44H,15,17,19,21,23,28H2,1-2H3,(H,65,66)(H,67,79)(H,68,80)(H,69,77)(H,70,78). The summed E-state index contributed by atoms with van der Waals surface area (Å²) in [7, 11) is 2.02. The van der Waals surface area contributed by atoms with Gasteiger partial charge in [0.25, 0.3) is 5.91 Å². The number of methoxy groups -OCH3 is 2. The van der Waals surface area contributed by atoms with Crippen LogP contribution in [-0.2, 0) is 55.8 Å². The molecule has 0 fully saturated rings. The van der Waals surface area contributed by atoms with Gasteiger partial charge in [-0.3, -0.25) is 52.5 Å². The first-order valence-electron chi connectivity index (χ1n) is 25.8. The quantitative estimate of drug-likeness (QED) is 0.0173. The highest BCUT2D eigenvalue weighted by molar-refractivity contribution is 6.08. The summed E-state index contributed by atoms with van der Waals surface area (Å²) in [4.78, 5) is 154. The highest BCUT2D eigenvalue weighted by Gasteiger charge is 2.41. The number of hydrogen-bond donors (Lipinski definition) is 5. The minimum absolute atomic E-state index is 0.00162. The number of carbonyl (C=O) groups excluding carboxylic acids is 10. The maximum atomic E-state index is 14.9. The third-order valence-corrected chi connectivity index (χ3v) is 13.5. The molecule has 5 N–H and O–H groups in total. The summed E-state index contributed by atoms with van der Waals surface area (Å²) in [5.41, 5.74) is -1.85. The highest BCUT2D eigenvalue weighted by atomic mass is 19.4. The van der Waals surface area contributed by atoms with Gasteiger partial charge in [0, 0.05) is 76.4 Å². The molecule has 2 aliphatic rings. The predicted octanol–water partition coefficient (Wildman–Crippen LogP) is 5.52. The molecule has 8 rings (SSSR count). The normalized spacial score (nSPS) is 12.7. The van der Waals surface area contributed by atoms with E-state index in [9.17, 15) is 74.7 Å². The lowest BCUT2D eigenvalue weighted by atomic mass is 9.90. The molecule has 444 valence electrons. The molecule has 1 aliphatic carbocycles. The summed E-state index contributed by atoms with van der Waals surface area (Å²) in [5, 5.41) is 9.71. The number of hydrogen-bond acceptors (Lipinski definition) is 16. The zero-order valence-electron chi connectivity index (χ0n) is 45.1. The van der Waals surface area contributed by atoms with Gasteiger partial charge in [-0.15, -0.1) is 0 Å². The maximum absolute atomic E-state index is 14.9. The molecule has 86 heavy (non-hydrogen) atoms. The van der Waals surface area contributed by atoms with E-state index in [4.69, 9.17) is 18.6 Å². The molecule has 4 unspecified atom stereocenters. The fourth-order valence-corrected chi connectivity index (χ4v) is 9.24. The zero-order valence-corrected chi connectivity index (χ0v) is 45.1. The van der Waals surface area contributed by atoms with Gasteiger partial charge >= 0.3 is 30.0 Å². The van der Waals surface area contributed by atoms with E-state index in [0.29, 0.717) is 6.29 Å². The minimum atomic E-state index is -5.40. The lowest BCUT2D eigenvalue weighted by Crippen LogP contribution is -2.58. The van der Waals surface area contributed by atoms with Crippen LogP contribution < -0.4 is 26.7 Å². The van der Waals surface area contributed by atoms with E-state index in [-0.39, 0.29) is 76.8 Å². The van der Waals surface area contributed by atoms with Crippen molar-refractivity contribution in [3.05, 3.63) is 172 Å². The number of H-pyrrole nitrogens is 1. The lowest BCUT2D eigenvalue weighted by molar-refractivity contribution is -0.144. The zero-order chi connectivity index (χ0) is 62.0. The molecule has 27 heteroatoms. The molecule has 0 spiro atoms. The number of fused-ring (bicyclic) bond motifs is 3. The van der Waals surface area contributed by atoms with Crippen molar-refractivity contribution in [1.29, 1.82) is 0 Å². The van der Waals surface area contributed by atoms with Gasteiger partial charge in [0.05, 0.1) is 38.0 Å². The third-order valence-electron chi connectivity index (χ3n) is 13.5. The van der Waals surface area contributed by atoms with Crippen molar-refractivity contribution in [2.24, 2.45) is 0 Å². The average molecular weight is 1190 g/mol. The number of imidazole rings is 1. The number of ketones is 1. The summed E-state index contributed by atoms with van der Waals surface area (Å²) in [5.74, 6) is -13.0. The van der Waals surface area contributed by atoms with Crippen molar-refractivity contribution in [2.75, 3.05) is 20.8 Å². The number of esters is 3. The van der Waals surface area contributed by atoms with Crippen molar-refractivity contribution >= 4 is 81.4 Å². The number of aromatic amines is 1. The van der Waals surface area contributed by atoms with Gasteiger partial charge in [0.2, 0.25) is 23.2 Å². The summed E-state index contributed by atoms with van der Waals surface area (Å²) >= 11 is 0. The van der Waals surface area contributed by atoms with E-state index < -0.39 is 139 Å². The van der Waals surface area contributed by atoms with Gasteiger partial charge < -0.3 is 44.9 Å². The van der Waals surface area contributed by atoms with Gasteiger partial charge in [-0.05, 0) is 72.1 Å². The molecular weight excluding hydrogens is 1140 g/mol. The Morgan fingerprint density at radius 2 is 1.40 bits per heavy atom. The lowest BCUT2D eigenvalue weighted by Gasteiger charge is -2.26. The second kappa shape index (κ2) is 26.7. The Labute approximate surface area is 481 Å². The van der Waals surface area contributed by atoms with E-state index in [1.807, 2.05) is 0 Å². The molecule has 4 amide bonds. The van der Waals surface area contributed by atoms with Crippen LogP contribution in [0, 0.1) is 11.6 Å². The topological polar surface area (TPSA) is 310 Å². The van der Waals surface area contributed by atoms with E-state index in [0.717, 1.165) is 56.8 Å². The number of halogens is 5. The number of carbonyl (C=O) groups is 10. The number of benzene rings is 5. The average Bonchev–Trinajstić information content (AvgIpc) is 1.38. The van der Waals surface area contributed by atoms with E-state index in [1.165, 1.54) is 73.2 Å². The number of nitrogens with zero attached hydrogens (tertiary/aromatic N) is 2. The first-order valence-corrected chi connectivity index (χ1v) is 25.8. The molecule has 1 aliphatic heterocycles. The number of alkyl halides is 3. The van der Waals surface area contributed by atoms with E-state index >= 15 is 0 Å². The largest absolute Gasteiger partial charge is 0.472 e. The molecule has 4 aromatic carbocycles. The minimum Gasteiger partial charge on any atom is -0.469 e. The first-order chi connectivity index (χ1) is 41.1. The Morgan fingerprint density at radius 1 is 0.721 bits per heavy atom. The summed E-state index contributed by atoms with van der Waals surface area (Å²) < 4.78 is 92.4. The Hall–Kier alpha value is -10.7. The van der Waals surface area contributed by atoms with Crippen molar-refractivity contribution in [2.45, 2.75) is 62.4 Å². The number of Topliss-reactive ketones (excluding diaryl/α,β-unsaturated/α-hetero) is 1. The van der Waals surface area contributed by atoms with Gasteiger partial charge in [-0.2, -0.15) is 13.2 Å². The summed E-state index contributed by atoms with van der Waals surface area (Å²) in [6, 6.07) is 14.0. The Kier molecular flexibility index (Phi) is 19.0. The number of para-hydroxylation sites is 1. The molecule has 3 heterocycles. The fourth-order valence-electron chi connectivity index (χ4n) is 9.24. The number of nitrogens with one attached hydrogen (secondary N) is 5. The smallest absolute Gasteiger partial charge is 0.469 e. The van der Waals surface area contributed by atoms with Crippen LogP contribution in [0.25, 0.3) is 44.3 Å². The monoisotopic (exact) mass is 1190 g/mol. The van der Waals surface area contributed by atoms with Crippen LogP contribution in [0.2, 0.25) is 0 Å². The van der Waals surface area contributed by atoms with Crippen molar-refractivity contribution in [1.82, 2.24) is 35.8 Å². The summed E-state index contributed by atoms with van der Waals surface area (Å²) in [6.45, 7) is -0.940. The maximum Gasteiger partial charge on any atom is 0.472 e. The molecular formula is C59H48F5N7O15. The van der Waals surface area contributed by atoms with Gasteiger partial charge in [-0.1, -0.05) is 42.5 Å². The Balaban J connectivity index is 1.13. The molecule has 0 saturated heterocycles. The van der Waals surface area contributed by atoms with Crippen molar-refractivity contribution in [3.8, 4) is 22.5 Å². The number of ether oxygens (including phenoxy) is 3. The van der Waals surface area contributed by atoms with Crippen molar-refractivity contribution in [3.63, 3.8) is 0 Å². The first kappa shape index (κ1) is 61.3. The second-order valence-corrected chi connectivity index (χ2v) is 19.2. The van der Waals surface area contributed by atoms with Crippen LogP contribution in [0.3, 0.4) is 0 Å². The Bertz CT molecular complexity index is 3980. The van der Waals surface area contributed by atoms with Crippen LogP contribution >= 0.6 is 0 Å². The molecule has 0 saturated carbocycles. The Morgan fingerprint density at radius 3 is 2.08 bits per heavy atom. The van der Waals surface area contributed by atoms with Gasteiger partial charge in [-0.25, -0.2) is 18.6 Å². The number of aromatic nitrogens is 3. The van der Waals surface area contributed by atoms with Crippen LogP contribution in [0.15, 0.2) is 131 Å². The molecule has 22 nitrogen and oxygen atoms in total. The summed E-state index contributed by atoms with van der Waals surface area (Å²) in [6.07, 6.45) is -4.92. The highest BCUT2D eigenvalue weighted by Crippen LogP contribution is 2.42. The van der Waals surface area contributed by atoms with Crippen LogP contribution in [0.5, 0.6) is 0 Å². The fraction of sp³-hybridized carbons (Fsp3) is 0.220. The molecule has 2 aromatic heterocycles. The van der Waals surface area contributed by atoms with Gasteiger partial charge in [0.15, 0.2) is 24.5 Å². The number of rotatable bonds is 23. The van der Waals surface area contributed by atoms with Crippen LogP contribution in [-0.4, -0.2) is 125 Å². The molecule has 4 atom stereocenters. The number of aldehydes is 1. The molecule has 0 bridgehead atoms. The number of amides is 4. The molecule has 6 aromatic rings. The SMILES string of the molecule is COC(=O)CCC(NC(=O)C(Cc1cn(C(=O)C(F)(F)F)c2ccccc12)NC(=O)c1ccc(-c2c3cc(F)c(=O)cc-3oc3ccc(F)cc23)c(C=O)c1)C(=O)NC(Cc1cnc[nH]1)C(=O)NC(CC(=O)OC)C(=O)COC(=O)c1ccccc1. The predicted molar refractivity (Wildman–Crippen MR) is 291 cm³/mol. The second-order valence-electron chi connectivity index (χ2n) is 19.2.